The molecular weight excluding hydrogens is 308 g/mol. The standard InChI is InChI=1S/C11H8BrClN2S/c12-7-4-5-10(15-6-7)16-11-8(13)2-1-3-9(11)14/h1-6H,14H2. The van der Waals surface area contributed by atoms with Crippen LogP contribution in [0.15, 0.2) is 50.9 Å². The molecule has 0 aliphatic heterocycles. The molecule has 0 radical (unpaired) electrons. The third kappa shape index (κ3) is 2.70. The topological polar surface area (TPSA) is 38.9 Å². The number of hydrogen-bond acceptors (Lipinski definition) is 3. The van der Waals surface area contributed by atoms with Gasteiger partial charge in [-0.1, -0.05) is 29.4 Å². The van der Waals surface area contributed by atoms with Gasteiger partial charge in [0.2, 0.25) is 0 Å². The van der Waals surface area contributed by atoms with Crippen molar-refractivity contribution in [3.8, 4) is 0 Å². The molecule has 82 valence electrons. The number of pyridine rings is 1. The Kier molecular flexibility index (Phi) is 3.74. The van der Waals surface area contributed by atoms with Crippen molar-refractivity contribution in [3.05, 3.63) is 46.0 Å². The van der Waals surface area contributed by atoms with E-state index in [0.29, 0.717) is 10.7 Å². The highest BCUT2D eigenvalue weighted by Crippen LogP contribution is 2.36. The molecule has 0 saturated carbocycles. The number of nitrogens with zero attached hydrogens (tertiary/aromatic N) is 1. The summed E-state index contributed by atoms with van der Waals surface area (Å²) in [4.78, 5) is 5.10. The van der Waals surface area contributed by atoms with E-state index in [9.17, 15) is 0 Å². The quantitative estimate of drug-likeness (QED) is 0.843. The van der Waals surface area contributed by atoms with Crippen LogP contribution in [0.5, 0.6) is 0 Å². The monoisotopic (exact) mass is 314 g/mol. The Morgan fingerprint density at radius 3 is 2.69 bits per heavy atom. The molecule has 2 N–H and O–H groups in total. The van der Waals surface area contributed by atoms with E-state index >= 15 is 0 Å². The summed E-state index contributed by atoms with van der Waals surface area (Å²) in [5, 5.41) is 1.51. The van der Waals surface area contributed by atoms with Gasteiger partial charge in [0, 0.05) is 16.4 Å². The fourth-order valence-corrected chi connectivity index (χ4v) is 2.49. The summed E-state index contributed by atoms with van der Waals surface area (Å²) < 4.78 is 0.948. The number of nitrogens with two attached hydrogens (primary N) is 1. The summed E-state index contributed by atoms with van der Waals surface area (Å²) in [6.07, 6.45) is 1.75. The SMILES string of the molecule is Nc1cccc(Cl)c1Sc1ccc(Br)cn1. The number of halogens is 2. The van der Waals surface area contributed by atoms with Crippen LogP contribution in [0.4, 0.5) is 5.69 Å². The molecule has 0 aliphatic rings. The van der Waals surface area contributed by atoms with Crippen LogP contribution in [0.2, 0.25) is 5.02 Å². The van der Waals surface area contributed by atoms with Gasteiger partial charge in [-0.25, -0.2) is 4.98 Å². The summed E-state index contributed by atoms with van der Waals surface area (Å²) in [6.45, 7) is 0. The van der Waals surface area contributed by atoms with Crippen LogP contribution in [-0.4, -0.2) is 4.98 Å². The molecule has 0 unspecified atom stereocenters. The Morgan fingerprint density at radius 2 is 2.06 bits per heavy atom. The highest BCUT2D eigenvalue weighted by atomic mass is 79.9. The van der Waals surface area contributed by atoms with E-state index in [4.69, 9.17) is 17.3 Å². The third-order valence-corrected chi connectivity index (χ3v) is 3.91. The molecule has 0 atom stereocenters. The van der Waals surface area contributed by atoms with Crippen molar-refractivity contribution in [1.82, 2.24) is 4.98 Å². The minimum Gasteiger partial charge on any atom is -0.398 e. The van der Waals surface area contributed by atoms with Gasteiger partial charge in [-0.2, -0.15) is 0 Å². The molecule has 2 aromatic rings. The van der Waals surface area contributed by atoms with Crippen molar-refractivity contribution >= 4 is 45.0 Å². The lowest BCUT2D eigenvalue weighted by Gasteiger charge is -2.06. The smallest absolute Gasteiger partial charge is 0.101 e. The summed E-state index contributed by atoms with van der Waals surface area (Å²) in [7, 11) is 0. The molecule has 0 fully saturated rings. The zero-order chi connectivity index (χ0) is 11.5. The number of rotatable bonds is 2. The van der Waals surface area contributed by atoms with E-state index in [0.717, 1.165) is 14.4 Å². The molecule has 2 nitrogen and oxygen atoms in total. The lowest BCUT2D eigenvalue weighted by molar-refractivity contribution is 1.12. The summed E-state index contributed by atoms with van der Waals surface area (Å²) in [5.41, 5.74) is 6.53. The normalized spacial score (nSPS) is 10.4. The van der Waals surface area contributed by atoms with Gasteiger partial charge in [-0.3, -0.25) is 0 Å². The fraction of sp³-hybridized carbons (Fsp3) is 0. The Hall–Kier alpha value is -0.710. The average Bonchev–Trinajstić information content (AvgIpc) is 2.26. The maximum Gasteiger partial charge on any atom is 0.101 e. The maximum absolute atomic E-state index is 6.07. The van der Waals surface area contributed by atoms with Crippen molar-refractivity contribution < 1.29 is 0 Å². The van der Waals surface area contributed by atoms with Gasteiger partial charge in [-0.05, 0) is 40.2 Å². The van der Waals surface area contributed by atoms with Gasteiger partial charge in [0.05, 0.1) is 9.92 Å². The second kappa shape index (κ2) is 5.08. The van der Waals surface area contributed by atoms with Crippen molar-refractivity contribution in [1.29, 1.82) is 0 Å². The number of benzene rings is 1. The van der Waals surface area contributed by atoms with E-state index in [1.54, 1.807) is 6.20 Å². The molecule has 0 bridgehead atoms. The van der Waals surface area contributed by atoms with Gasteiger partial charge < -0.3 is 5.73 Å². The first-order valence-corrected chi connectivity index (χ1v) is 6.49. The number of nitrogen functional groups attached to an aromatic ring is 1. The molecular formula is C11H8BrClN2S. The first-order valence-electron chi connectivity index (χ1n) is 4.50. The second-order valence-electron chi connectivity index (χ2n) is 3.07. The molecule has 2 rings (SSSR count). The van der Waals surface area contributed by atoms with Crippen LogP contribution in [0.3, 0.4) is 0 Å². The number of anilines is 1. The molecule has 1 aromatic carbocycles. The lowest BCUT2D eigenvalue weighted by Crippen LogP contribution is -1.89. The highest BCUT2D eigenvalue weighted by molar-refractivity contribution is 9.10. The Balaban J connectivity index is 2.30. The predicted octanol–water partition coefficient (Wildman–Crippen LogP) is 4.23. The largest absolute Gasteiger partial charge is 0.398 e. The summed E-state index contributed by atoms with van der Waals surface area (Å²) in [6, 6.07) is 9.32. The Bertz CT molecular complexity index is 482. The molecule has 0 spiro atoms. The summed E-state index contributed by atoms with van der Waals surface area (Å²) in [5.74, 6) is 0. The highest BCUT2D eigenvalue weighted by Gasteiger charge is 2.07. The first-order chi connectivity index (χ1) is 7.66. The fourth-order valence-electron chi connectivity index (χ4n) is 1.16. The molecule has 0 amide bonds. The molecule has 1 aromatic heterocycles. The third-order valence-electron chi connectivity index (χ3n) is 1.90. The average molecular weight is 316 g/mol. The Morgan fingerprint density at radius 1 is 1.25 bits per heavy atom. The van der Waals surface area contributed by atoms with E-state index in [-0.39, 0.29) is 0 Å². The molecule has 16 heavy (non-hydrogen) atoms. The van der Waals surface area contributed by atoms with E-state index in [2.05, 4.69) is 20.9 Å². The van der Waals surface area contributed by atoms with Crippen molar-refractivity contribution in [3.63, 3.8) is 0 Å². The lowest BCUT2D eigenvalue weighted by atomic mass is 10.3. The van der Waals surface area contributed by atoms with Crippen LogP contribution in [0.25, 0.3) is 0 Å². The first kappa shape index (κ1) is 11.8. The van der Waals surface area contributed by atoms with Gasteiger partial charge in [-0.15, -0.1) is 0 Å². The van der Waals surface area contributed by atoms with Crippen LogP contribution in [0.1, 0.15) is 0 Å². The minimum absolute atomic E-state index is 0.648. The van der Waals surface area contributed by atoms with Crippen LogP contribution >= 0.6 is 39.3 Å². The molecule has 0 aliphatic carbocycles. The van der Waals surface area contributed by atoms with Crippen molar-refractivity contribution in [2.24, 2.45) is 0 Å². The number of aromatic nitrogens is 1. The van der Waals surface area contributed by atoms with Crippen LogP contribution < -0.4 is 5.73 Å². The van der Waals surface area contributed by atoms with Gasteiger partial charge in [0.15, 0.2) is 0 Å². The van der Waals surface area contributed by atoms with Crippen LogP contribution in [-0.2, 0) is 0 Å². The van der Waals surface area contributed by atoms with Crippen molar-refractivity contribution in [2.75, 3.05) is 5.73 Å². The van der Waals surface area contributed by atoms with Crippen molar-refractivity contribution in [2.45, 2.75) is 9.92 Å². The Labute approximate surface area is 111 Å². The summed E-state index contributed by atoms with van der Waals surface area (Å²) >= 11 is 10.9. The zero-order valence-corrected chi connectivity index (χ0v) is 11.3. The molecule has 1 heterocycles. The van der Waals surface area contributed by atoms with Gasteiger partial charge in [0.25, 0.3) is 0 Å². The van der Waals surface area contributed by atoms with Crippen LogP contribution in [0, 0.1) is 0 Å². The van der Waals surface area contributed by atoms with E-state index < -0.39 is 0 Å². The predicted molar refractivity (Wildman–Crippen MR) is 71.9 cm³/mol. The van der Waals surface area contributed by atoms with E-state index in [1.807, 2.05) is 30.3 Å². The zero-order valence-electron chi connectivity index (χ0n) is 8.15. The molecule has 0 saturated heterocycles. The van der Waals surface area contributed by atoms with Gasteiger partial charge >= 0.3 is 0 Å². The maximum atomic E-state index is 6.07. The van der Waals surface area contributed by atoms with E-state index in [1.165, 1.54) is 11.8 Å². The second-order valence-corrected chi connectivity index (χ2v) is 5.43. The van der Waals surface area contributed by atoms with Gasteiger partial charge in [0.1, 0.15) is 5.03 Å². The minimum atomic E-state index is 0.648. The molecule has 5 heteroatoms. The number of hydrogen-bond donors (Lipinski definition) is 1.